The fourth-order valence-electron chi connectivity index (χ4n) is 3.45. The number of para-hydroxylation sites is 1. The summed E-state index contributed by atoms with van der Waals surface area (Å²) in [6.07, 6.45) is 5.61. The monoisotopic (exact) mass is 302 g/mol. The third kappa shape index (κ3) is 2.39. The van der Waals surface area contributed by atoms with E-state index in [0.29, 0.717) is 6.04 Å². The Hall–Kier alpha value is -1.29. The van der Waals surface area contributed by atoms with Gasteiger partial charge in [-0.05, 0) is 75.7 Å². The van der Waals surface area contributed by atoms with Gasteiger partial charge in [-0.15, -0.1) is 0 Å². The van der Waals surface area contributed by atoms with Gasteiger partial charge in [0.2, 0.25) is 0 Å². The van der Waals surface area contributed by atoms with E-state index in [1.165, 1.54) is 31.2 Å². The second-order valence-electron chi connectivity index (χ2n) is 6.78. The number of hydrogen-bond donors (Lipinski definition) is 1. The lowest BCUT2D eigenvalue weighted by Crippen LogP contribution is -2.13. The number of rotatable bonds is 5. The molecule has 1 aromatic carbocycles. The second-order valence-corrected chi connectivity index (χ2v) is 7.17. The highest BCUT2D eigenvalue weighted by atomic mass is 32.1. The van der Waals surface area contributed by atoms with Crippen molar-refractivity contribution in [2.45, 2.75) is 51.7 Å². The van der Waals surface area contributed by atoms with Crippen LogP contribution in [0.3, 0.4) is 0 Å². The van der Waals surface area contributed by atoms with Gasteiger partial charge in [-0.3, -0.25) is 0 Å². The van der Waals surface area contributed by atoms with E-state index in [-0.39, 0.29) is 6.10 Å². The van der Waals surface area contributed by atoms with E-state index in [0.717, 1.165) is 27.9 Å². The van der Waals surface area contributed by atoms with Gasteiger partial charge in [0.15, 0.2) is 4.77 Å². The van der Waals surface area contributed by atoms with E-state index in [9.17, 15) is 0 Å². The lowest BCUT2D eigenvalue weighted by atomic mass is 10.1. The normalized spacial score (nSPS) is 18.9. The van der Waals surface area contributed by atoms with Gasteiger partial charge in [0.05, 0.1) is 11.6 Å². The summed E-state index contributed by atoms with van der Waals surface area (Å²) in [6, 6.07) is 6.88. The van der Waals surface area contributed by atoms with Gasteiger partial charge in [-0.2, -0.15) is 0 Å². The average Bonchev–Trinajstić information content (AvgIpc) is 3.32. The van der Waals surface area contributed by atoms with E-state index < -0.39 is 0 Å². The third-order valence-corrected chi connectivity index (χ3v) is 4.88. The zero-order valence-corrected chi connectivity index (χ0v) is 13.5. The number of benzene rings is 1. The number of ether oxygens (including phenoxy) is 1. The maximum absolute atomic E-state index is 5.94. The van der Waals surface area contributed by atoms with Crippen molar-refractivity contribution in [3.05, 3.63) is 23.0 Å². The maximum atomic E-state index is 5.94. The summed E-state index contributed by atoms with van der Waals surface area (Å²) >= 11 is 5.65. The summed E-state index contributed by atoms with van der Waals surface area (Å²) in [4.78, 5) is 3.40. The van der Waals surface area contributed by atoms with Crippen molar-refractivity contribution in [3.8, 4) is 5.75 Å². The summed E-state index contributed by atoms with van der Waals surface area (Å²) < 4.78 is 9.17. The molecule has 2 aliphatic rings. The fourth-order valence-corrected chi connectivity index (χ4v) is 3.77. The molecule has 0 atom stereocenters. The summed E-state index contributed by atoms with van der Waals surface area (Å²) in [5.74, 6) is 2.58. The number of aromatic amines is 1. The molecule has 2 aliphatic carbocycles. The molecule has 0 bridgehead atoms. The van der Waals surface area contributed by atoms with Crippen molar-refractivity contribution in [2.24, 2.45) is 11.8 Å². The van der Waals surface area contributed by atoms with Crippen LogP contribution < -0.4 is 4.74 Å². The second kappa shape index (κ2) is 4.87. The molecule has 1 heterocycles. The summed E-state index contributed by atoms with van der Waals surface area (Å²) in [5, 5.41) is 0. The van der Waals surface area contributed by atoms with Crippen LogP contribution in [0.1, 0.15) is 45.6 Å². The standard InChI is InChI=1S/C17H22N2OS/c1-10(2)20-14-5-3-4-13-15(14)18-17(21)19(13)16(11-6-7-11)12-8-9-12/h3-5,10-12,16H,6-9H2,1-2H3,(H,18,21). The number of nitrogens with one attached hydrogen (secondary N) is 1. The Morgan fingerprint density at radius 3 is 2.43 bits per heavy atom. The molecule has 2 saturated carbocycles. The first-order valence-electron chi connectivity index (χ1n) is 8.05. The van der Waals surface area contributed by atoms with Gasteiger partial charge < -0.3 is 14.3 Å². The van der Waals surface area contributed by atoms with Crippen LogP contribution in [-0.4, -0.2) is 15.7 Å². The van der Waals surface area contributed by atoms with Crippen LogP contribution in [0.5, 0.6) is 5.75 Å². The Kier molecular flexibility index (Phi) is 3.10. The van der Waals surface area contributed by atoms with Crippen molar-refractivity contribution in [2.75, 3.05) is 0 Å². The predicted octanol–water partition coefficient (Wildman–Crippen LogP) is 4.85. The minimum absolute atomic E-state index is 0.170. The molecule has 1 N–H and O–H groups in total. The average molecular weight is 302 g/mol. The first-order valence-corrected chi connectivity index (χ1v) is 8.46. The van der Waals surface area contributed by atoms with Crippen LogP contribution >= 0.6 is 12.2 Å². The van der Waals surface area contributed by atoms with E-state index in [2.05, 4.69) is 35.5 Å². The first kappa shape index (κ1) is 13.4. The van der Waals surface area contributed by atoms with Gasteiger partial charge in [-0.25, -0.2) is 0 Å². The van der Waals surface area contributed by atoms with Gasteiger partial charge in [0.1, 0.15) is 11.3 Å². The minimum Gasteiger partial charge on any atom is -0.489 e. The van der Waals surface area contributed by atoms with Crippen molar-refractivity contribution >= 4 is 23.3 Å². The van der Waals surface area contributed by atoms with Crippen molar-refractivity contribution in [1.82, 2.24) is 9.55 Å². The van der Waals surface area contributed by atoms with Crippen molar-refractivity contribution < 1.29 is 4.74 Å². The van der Waals surface area contributed by atoms with Crippen LogP contribution in [0.15, 0.2) is 18.2 Å². The zero-order valence-electron chi connectivity index (χ0n) is 12.6. The quantitative estimate of drug-likeness (QED) is 0.800. The first-order chi connectivity index (χ1) is 10.1. The molecule has 2 aromatic rings. The Balaban J connectivity index is 1.85. The molecule has 4 heteroatoms. The molecule has 0 aliphatic heterocycles. The zero-order chi connectivity index (χ0) is 14.6. The van der Waals surface area contributed by atoms with E-state index in [4.69, 9.17) is 17.0 Å². The van der Waals surface area contributed by atoms with Gasteiger partial charge >= 0.3 is 0 Å². The lowest BCUT2D eigenvalue weighted by molar-refractivity contribution is 0.245. The topological polar surface area (TPSA) is 29.9 Å². The molecule has 0 saturated heterocycles. The molecule has 0 amide bonds. The predicted molar refractivity (Wildman–Crippen MR) is 87.4 cm³/mol. The molecule has 1 aromatic heterocycles. The van der Waals surface area contributed by atoms with Crippen LogP contribution in [-0.2, 0) is 0 Å². The Morgan fingerprint density at radius 2 is 1.86 bits per heavy atom. The number of H-pyrrole nitrogens is 1. The number of nitrogens with zero attached hydrogens (tertiary/aromatic N) is 1. The lowest BCUT2D eigenvalue weighted by Gasteiger charge is -2.19. The molecule has 4 rings (SSSR count). The highest BCUT2D eigenvalue weighted by Crippen LogP contribution is 2.53. The van der Waals surface area contributed by atoms with Gasteiger partial charge in [0, 0.05) is 6.04 Å². The minimum atomic E-state index is 0.170. The molecule has 2 fully saturated rings. The molecular formula is C17H22N2OS. The van der Waals surface area contributed by atoms with E-state index in [1.807, 2.05) is 6.07 Å². The largest absolute Gasteiger partial charge is 0.489 e. The molecule has 3 nitrogen and oxygen atoms in total. The molecular weight excluding hydrogens is 280 g/mol. The summed E-state index contributed by atoms with van der Waals surface area (Å²) in [7, 11) is 0. The van der Waals surface area contributed by atoms with E-state index >= 15 is 0 Å². The number of fused-ring (bicyclic) bond motifs is 1. The van der Waals surface area contributed by atoms with Crippen molar-refractivity contribution in [3.63, 3.8) is 0 Å². The summed E-state index contributed by atoms with van der Waals surface area (Å²) in [5.41, 5.74) is 2.27. The Morgan fingerprint density at radius 1 is 1.19 bits per heavy atom. The van der Waals surface area contributed by atoms with Crippen LogP contribution in [0.4, 0.5) is 0 Å². The molecule has 0 radical (unpaired) electrons. The smallest absolute Gasteiger partial charge is 0.178 e. The molecule has 0 unspecified atom stereocenters. The highest BCUT2D eigenvalue weighted by molar-refractivity contribution is 7.71. The molecule has 112 valence electrons. The highest BCUT2D eigenvalue weighted by Gasteiger charge is 2.43. The van der Waals surface area contributed by atoms with E-state index in [1.54, 1.807) is 0 Å². The number of hydrogen-bond acceptors (Lipinski definition) is 2. The van der Waals surface area contributed by atoms with Gasteiger partial charge in [-0.1, -0.05) is 6.07 Å². The Labute approximate surface area is 130 Å². The van der Waals surface area contributed by atoms with Crippen LogP contribution in [0.25, 0.3) is 11.0 Å². The fraction of sp³-hybridized carbons (Fsp3) is 0.588. The molecule has 21 heavy (non-hydrogen) atoms. The van der Waals surface area contributed by atoms with Crippen LogP contribution in [0, 0.1) is 16.6 Å². The third-order valence-electron chi connectivity index (χ3n) is 4.59. The van der Waals surface area contributed by atoms with Gasteiger partial charge in [0.25, 0.3) is 0 Å². The summed E-state index contributed by atoms with van der Waals surface area (Å²) in [6.45, 7) is 4.11. The molecule has 0 spiro atoms. The Bertz CT molecular complexity index is 710. The van der Waals surface area contributed by atoms with Crippen LogP contribution in [0.2, 0.25) is 0 Å². The van der Waals surface area contributed by atoms with Crippen molar-refractivity contribution in [1.29, 1.82) is 0 Å². The number of imidazole rings is 1. The SMILES string of the molecule is CC(C)Oc1cccc2c1[nH]c(=S)n2C(C1CC1)C1CC1. The maximum Gasteiger partial charge on any atom is 0.178 e. The number of aromatic nitrogens is 2.